The molecular formula is C16H15F3N2O4S. The number of anilines is 1. The third kappa shape index (κ3) is 3.75. The van der Waals surface area contributed by atoms with E-state index in [-0.39, 0.29) is 24.4 Å². The minimum Gasteiger partial charge on any atom is -0.506 e. The molecular weight excluding hydrogens is 373 g/mol. The van der Waals surface area contributed by atoms with Gasteiger partial charge in [-0.3, -0.25) is 4.31 Å². The van der Waals surface area contributed by atoms with Gasteiger partial charge in [0.2, 0.25) is 0 Å². The summed E-state index contributed by atoms with van der Waals surface area (Å²) in [6.07, 6.45) is -4.99. The lowest BCUT2D eigenvalue weighted by Crippen LogP contribution is -2.30. The molecule has 1 unspecified atom stereocenters. The number of alkyl halides is 3. The topological polar surface area (TPSA) is 86.7 Å². The maximum atomic E-state index is 12.4. The molecule has 1 fully saturated rings. The second-order valence-electron chi connectivity index (χ2n) is 6.03. The number of rotatable bonds is 4. The quantitative estimate of drug-likeness (QED) is 0.787. The van der Waals surface area contributed by atoms with Gasteiger partial charge >= 0.3 is 16.4 Å². The van der Waals surface area contributed by atoms with Crippen LogP contribution >= 0.6 is 0 Å². The standard InChI is InChI=1S/C16H15F3N2O4S/c17-16(18,19)4-3-10-1-2-11-7-15(23)14(6-12(11)5-10)21-8-13(9-22)20-26(21,24)25/h1-2,5-7,9,13,20,23H,3-4,8H2. The van der Waals surface area contributed by atoms with E-state index in [4.69, 9.17) is 0 Å². The van der Waals surface area contributed by atoms with Crippen molar-refractivity contribution in [3.63, 3.8) is 0 Å². The number of fused-ring (bicyclic) bond motifs is 1. The van der Waals surface area contributed by atoms with E-state index in [9.17, 15) is 31.5 Å². The fourth-order valence-electron chi connectivity index (χ4n) is 2.83. The number of aldehydes is 1. The number of aromatic hydroxyl groups is 1. The minimum atomic E-state index is -4.27. The molecule has 1 atom stereocenters. The molecule has 10 heteroatoms. The number of carbonyl (C=O) groups is 1. The fourth-order valence-corrected chi connectivity index (χ4v) is 4.23. The molecule has 1 heterocycles. The van der Waals surface area contributed by atoms with Crippen LogP contribution in [-0.2, 0) is 21.4 Å². The average molecular weight is 388 g/mol. The van der Waals surface area contributed by atoms with Gasteiger partial charge in [0, 0.05) is 6.42 Å². The summed E-state index contributed by atoms with van der Waals surface area (Å²) in [4.78, 5) is 10.9. The van der Waals surface area contributed by atoms with Crippen molar-refractivity contribution in [3.05, 3.63) is 35.9 Å². The van der Waals surface area contributed by atoms with Crippen LogP contribution in [0, 0.1) is 0 Å². The summed E-state index contributed by atoms with van der Waals surface area (Å²) in [7, 11) is -3.99. The molecule has 0 aliphatic carbocycles. The Balaban J connectivity index is 1.99. The van der Waals surface area contributed by atoms with Crippen LogP contribution in [-0.4, -0.2) is 38.6 Å². The van der Waals surface area contributed by atoms with Crippen LogP contribution in [0.15, 0.2) is 30.3 Å². The van der Waals surface area contributed by atoms with Crippen LogP contribution in [0.4, 0.5) is 18.9 Å². The van der Waals surface area contributed by atoms with Gasteiger partial charge in [-0.1, -0.05) is 18.2 Å². The summed E-state index contributed by atoms with van der Waals surface area (Å²) in [5, 5.41) is 11.2. The zero-order valence-electron chi connectivity index (χ0n) is 13.3. The lowest BCUT2D eigenvalue weighted by molar-refractivity contribution is -0.134. The van der Waals surface area contributed by atoms with E-state index in [0.717, 1.165) is 4.31 Å². The van der Waals surface area contributed by atoms with Gasteiger partial charge in [0.15, 0.2) is 0 Å². The van der Waals surface area contributed by atoms with Gasteiger partial charge in [0.1, 0.15) is 12.0 Å². The number of nitrogens with one attached hydrogen (secondary N) is 1. The normalized spacial score (nSPS) is 19.8. The molecule has 0 spiro atoms. The van der Waals surface area contributed by atoms with Crippen molar-refractivity contribution in [1.29, 1.82) is 0 Å². The molecule has 0 radical (unpaired) electrons. The SMILES string of the molecule is O=CC1CN(c2cc3cc(CCC(F)(F)F)ccc3cc2O)S(=O)(=O)N1. The predicted molar refractivity (Wildman–Crippen MR) is 89.2 cm³/mol. The largest absolute Gasteiger partial charge is 0.506 e. The highest BCUT2D eigenvalue weighted by atomic mass is 32.2. The summed E-state index contributed by atoms with van der Waals surface area (Å²) in [5.74, 6) is -0.308. The van der Waals surface area contributed by atoms with Crippen LogP contribution in [0.1, 0.15) is 12.0 Å². The summed E-state index contributed by atoms with van der Waals surface area (Å²) < 4.78 is 64.4. The van der Waals surface area contributed by atoms with Crippen LogP contribution in [0.5, 0.6) is 5.75 Å². The van der Waals surface area contributed by atoms with E-state index in [1.807, 2.05) is 0 Å². The van der Waals surface area contributed by atoms with Crippen LogP contribution < -0.4 is 9.03 Å². The molecule has 26 heavy (non-hydrogen) atoms. The number of phenolic OH excluding ortho intramolecular Hbond substituents is 1. The van der Waals surface area contributed by atoms with E-state index in [0.29, 0.717) is 22.6 Å². The molecule has 3 rings (SSSR count). The minimum absolute atomic E-state index is 0.0395. The summed E-state index contributed by atoms with van der Waals surface area (Å²) in [6, 6.07) is 6.40. The van der Waals surface area contributed by atoms with Crippen LogP contribution in [0.25, 0.3) is 10.8 Å². The van der Waals surface area contributed by atoms with Crippen molar-refractivity contribution < 1.29 is 31.5 Å². The number of phenols is 1. The molecule has 2 aromatic carbocycles. The van der Waals surface area contributed by atoms with E-state index in [1.165, 1.54) is 24.3 Å². The molecule has 1 aliphatic rings. The van der Waals surface area contributed by atoms with E-state index >= 15 is 0 Å². The van der Waals surface area contributed by atoms with Gasteiger partial charge < -0.3 is 9.90 Å². The van der Waals surface area contributed by atoms with Gasteiger partial charge in [0.05, 0.1) is 18.3 Å². The molecule has 0 amide bonds. The smallest absolute Gasteiger partial charge is 0.389 e. The number of benzene rings is 2. The lowest BCUT2D eigenvalue weighted by Gasteiger charge is -2.18. The molecule has 2 N–H and O–H groups in total. The monoisotopic (exact) mass is 388 g/mol. The molecule has 1 aliphatic heterocycles. The summed E-state index contributed by atoms with van der Waals surface area (Å²) in [6.45, 7) is -0.182. The summed E-state index contributed by atoms with van der Waals surface area (Å²) in [5.41, 5.74) is 0.405. The van der Waals surface area contributed by atoms with Gasteiger partial charge in [0.25, 0.3) is 0 Å². The molecule has 1 saturated heterocycles. The molecule has 0 bridgehead atoms. The second-order valence-corrected chi connectivity index (χ2v) is 7.66. The Morgan fingerprint density at radius 3 is 2.58 bits per heavy atom. The van der Waals surface area contributed by atoms with Crippen LogP contribution in [0.2, 0.25) is 0 Å². The Labute approximate surface area is 147 Å². The Hall–Kier alpha value is -2.33. The number of aryl methyl sites for hydroxylation is 1. The maximum absolute atomic E-state index is 12.4. The zero-order chi connectivity index (χ0) is 19.1. The first-order valence-corrected chi connectivity index (χ1v) is 9.11. The van der Waals surface area contributed by atoms with Gasteiger partial charge in [-0.15, -0.1) is 0 Å². The number of carbonyl (C=O) groups excluding carboxylic acids is 1. The van der Waals surface area contributed by atoms with Crippen molar-refractivity contribution in [3.8, 4) is 5.75 Å². The maximum Gasteiger partial charge on any atom is 0.389 e. The fraction of sp³-hybridized carbons (Fsp3) is 0.312. The Morgan fingerprint density at radius 2 is 1.96 bits per heavy atom. The Bertz CT molecular complexity index is 960. The van der Waals surface area contributed by atoms with E-state index < -0.39 is 28.8 Å². The van der Waals surface area contributed by atoms with Gasteiger partial charge in [-0.05, 0) is 34.9 Å². The lowest BCUT2D eigenvalue weighted by atomic mass is 10.0. The Morgan fingerprint density at radius 1 is 1.23 bits per heavy atom. The first-order chi connectivity index (χ1) is 12.1. The molecule has 6 nitrogen and oxygen atoms in total. The van der Waals surface area contributed by atoms with Crippen molar-refractivity contribution in [2.75, 3.05) is 10.8 Å². The number of hydrogen-bond acceptors (Lipinski definition) is 4. The highest BCUT2D eigenvalue weighted by Gasteiger charge is 2.36. The molecule has 0 aromatic heterocycles. The van der Waals surface area contributed by atoms with E-state index in [1.54, 1.807) is 6.07 Å². The van der Waals surface area contributed by atoms with Crippen molar-refractivity contribution in [2.45, 2.75) is 25.1 Å². The summed E-state index contributed by atoms with van der Waals surface area (Å²) >= 11 is 0. The molecule has 140 valence electrons. The van der Waals surface area contributed by atoms with Gasteiger partial charge in [-0.2, -0.15) is 26.3 Å². The zero-order valence-corrected chi connectivity index (χ0v) is 14.1. The second kappa shape index (κ2) is 6.44. The predicted octanol–water partition coefficient (Wildman–Crippen LogP) is 2.26. The highest BCUT2D eigenvalue weighted by molar-refractivity contribution is 7.91. The first-order valence-electron chi connectivity index (χ1n) is 7.67. The average Bonchev–Trinajstić information content (AvgIpc) is 2.86. The van der Waals surface area contributed by atoms with Crippen LogP contribution in [0.3, 0.4) is 0 Å². The third-order valence-electron chi connectivity index (χ3n) is 4.08. The van der Waals surface area contributed by atoms with Gasteiger partial charge in [-0.25, -0.2) is 0 Å². The Kier molecular flexibility index (Phi) is 4.57. The number of nitrogens with zero attached hydrogens (tertiary/aromatic N) is 1. The van der Waals surface area contributed by atoms with E-state index in [2.05, 4.69) is 4.72 Å². The van der Waals surface area contributed by atoms with Crippen molar-refractivity contribution in [2.24, 2.45) is 0 Å². The number of hydrogen-bond donors (Lipinski definition) is 2. The first kappa shape index (κ1) is 18.5. The molecule has 0 saturated carbocycles. The van der Waals surface area contributed by atoms with Crippen molar-refractivity contribution in [1.82, 2.24) is 4.72 Å². The number of halogens is 3. The molecule has 2 aromatic rings. The highest BCUT2D eigenvalue weighted by Crippen LogP contribution is 2.35. The van der Waals surface area contributed by atoms with Crippen molar-refractivity contribution >= 4 is 33.0 Å². The third-order valence-corrected chi connectivity index (χ3v) is 5.61.